The van der Waals surface area contributed by atoms with E-state index < -0.39 is 0 Å². The first kappa shape index (κ1) is 16.3. The van der Waals surface area contributed by atoms with Crippen molar-refractivity contribution in [3.63, 3.8) is 0 Å². The van der Waals surface area contributed by atoms with Crippen molar-refractivity contribution in [1.29, 1.82) is 0 Å². The summed E-state index contributed by atoms with van der Waals surface area (Å²) in [6.45, 7) is 3.39. The van der Waals surface area contributed by atoms with Crippen molar-refractivity contribution >= 4 is 33.1 Å². The van der Waals surface area contributed by atoms with Gasteiger partial charge in [0, 0.05) is 24.6 Å². The molecule has 1 fully saturated rings. The Morgan fingerprint density at radius 1 is 1.15 bits per heavy atom. The van der Waals surface area contributed by atoms with E-state index in [1.165, 1.54) is 0 Å². The molecule has 0 saturated carbocycles. The lowest BCUT2D eigenvalue weighted by Crippen LogP contribution is -2.38. The van der Waals surface area contributed by atoms with Crippen molar-refractivity contribution in [2.24, 2.45) is 0 Å². The summed E-state index contributed by atoms with van der Waals surface area (Å²) in [7, 11) is 0. The number of hydrogen-bond acceptors (Lipinski definition) is 6. The third-order valence-corrected chi connectivity index (χ3v) is 5.94. The average molecular weight is 378 g/mol. The van der Waals surface area contributed by atoms with E-state index in [0.717, 1.165) is 45.8 Å². The van der Waals surface area contributed by atoms with Gasteiger partial charge in [0.1, 0.15) is 0 Å². The Morgan fingerprint density at radius 2 is 2.00 bits per heavy atom. The number of amides is 1. The molecule has 1 aromatic carbocycles. The minimum Gasteiger partial charge on any atom is -0.339 e. The van der Waals surface area contributed by atoms with E-state index in [-0.39, 0.29) is 11.8 Å². The molecule has 0 unspecified atom stereocenters. The number of piperidine rings is 1. The number of carbonyl (C=O) groups is 1. The Kier molecular flexibility index (Phi) is 3.86. The first-order valence-corrected chi connectivity index (χ1v) is 9.88. The summed E-state index contributed by atoms with van der Waals surface area (Å²) in [5.41, 5.74) is 5.19. The second-order valence-corrected chi connectivity index (χ2v) is 7.79. The predicted molar refractivity (Wildman–Crippen MR) is 103 cm³/mol. The SMILES string of the molecule is Cc1ccc2nnc(C3CCN(C(=O)c4ccc5ncsc5c4)CC3)n2n1. The van der Waals surface area contributed by atoms with Crippen molar-refractivity contribution in [1.82, 2.24) is 29.7 Å². The number of likely N-dealkylation sites (tertiary alicyclic amines) is 1. The van der Waals surface area contributed by atoms with Gasteiger partial charge in [-0.25, -0.2) is 4.98 Å². The van der Waals surface area contributed by atoms with Gasteiger partial charge in [-0.1, -0.05) is 0 Å². The molecule has 27 heavy (non-hydrogen) atoms. The van der Waals surface area contributed by atoms with Gasteiger partial charge in [-0.05, 0) is 50.1 Å². The van der Waals surface area contributed by atoms with E-state index >= 15 is 0 Å². The lowest BCUT2D eigenvalue weighted by molar-refractivity contribution is 0.0711. The van der Waals surface area contributed by atoms with Crippen LogP contribution < -0.4 is 0 Å². The highest BCUT2D eigenvalue weighted by molar-refractivity contribution is 7.16. The molecule has 0 spiro atoms. The van der Waals surface area contributed by atoms with Gasteiger partial charge in [0.05, 0.1) is 21.4 Å². The zero-order chi connectivity index (χ0) is 18.4. The summed E-state index contributed by atoms with van der Waals surface area (Å²) in [4.78, 5) is 19.1. The van der Waals surface area contributed by atoms with Crippen LogP contribution in [-0.4, -0.2) is 48.7 Å². The summed E-state index contributed by atoms with van der Waals surface area (Å²) < 4.78 is 2.89. The van der Waals surface area contributed by atoms with Crippen LogP contribution in [0.5, 0.6) is 0 Å². The number of fused-ring (bicyclic) bond motifs is 2. The molecule has 7 nitrogen and oxygen atoms in total. The molecule has 1 saturated heterocycles. The Bertz CT molecular complexity index is 1140. The van der Waals surface area contributed by atoms with Crippen LogP contribution in [0.4, 0.5) is 0 Å². The molecule has 136 valence electrons. The van der Waals surface area contributed by atoms with Gasteiger partial charge < -0.3 is 4.90 Å². The zero-order valence-corrected chi connectivity index (χ0v) is 15.7. The quantitative estimate of drug-likeness (QED) is 0.536. The Balaban J connectivity index is 1.33. The fraction of sp³-hybridized carbons (Fsp3) is 0.316. The lowest BCUT2D eigenvalue weighted by Gasteiger charge is -2.31. The van der Waals surface area contributed by atoms with Gasteiger partial charge in [0.25, 0.3) is 5.91 Å². The minimum absolute atomic E-state index is 0.0869. The molecular weight excluding hydrogens is 360 g/mol. The van der Waals surface area contributed by atoms with Crippen LogP contribution in [-0.2, 0) is 0 Å². The molecule has 3 aromatic heterocycles. The Morgan fingerprint density at radius 3 is 2.85 bits per heavy atom. The molecule has 0 radical (unpaired) electrons. The first-order chi connectivity index (χ1) is 13.2. The highest BCUT2D eigenvalue weighted by Crippen LogP contribution is 2.28. The van der Waals surface area contributed by atoms with Gasteiger partial charge in [0.15, 0.2) is 11.5 Å². The maximum Gasteiger partial charge on any atom is 0.253 e. The standard InChI is InChI=1S/C19H18N6OS/c1-12-2-5-17-21-22-18(25(17)23-12)13-6-8-24(9-7-13)19(26)14-3-4-15-16(10-14)27-11-20-15/h2-5,10-11,13H,6-9H2,1H3. The van der Waals surface area contributed by atoms with E-state index in [2.05, 4.69) is 20.3 Å². The van der Waals surface area contributed by atoms with Crippen LogP contribution in [0.15, 0.2) is 35.8 Å². The lowest BCUT2D eigenvalue weighted by atomic mass is 9.95. The molecule has 1 aliphatic rings. The van der Waals surface area contributed by atoms with Crippen LogP contribution in [0.1, 0.15) is 40.6 Å². The van der Waals surface area contributed by atoms with Crippen molar-refractivity contribution in [3.8, 4) is 0 Å². The summed E-state index contributed by atoms with van der Waals surface area (Å²) in [5, 5.41) is 13.1. The normalized spacial score (nSPS) is 15.7. The molecule has 0 bridgehead atoms. The Hall–Kier alpha value is -2.87. The van der Waals surface area contributed by atoms with Crippen molar-refractivity contribution < 1.29 is 4.79 Å². The molecule has 0 atom stereocenters. The highest BCUT2D eigenvalue weighted by Gasteiger charge is 2.28. The van der Waals surface area contributed by atoms with Crippen LogP contribution in [0, 0.1) is 6.92 Å². The molecule has 8 heteroatoms. The molecule has 0 N–H and O–H groups in total. The van der Waals surface area contributed by atoms with Gasteiger partial charge in [-0.2, -0.15) is 9.61 Å². The van der Waals surface area contributed by atoms with Gasteiger partial charge in [0.2, 0.25) is 0 Å². The summed E-state index contributed by atoms with van der Waals surface area (Å²) in [5.74, 6) is 1.25. The van der Waals surface area contributed by atoms with Crippen LogP contribution in [0.2, 0.25) is 0 Å². The van der Waals surface area contributed by atoms with E-state index in [0.29, 0.717) is 13.1 Å². The van der Waals surface area contributed by atoms with E-state index in [1.807, 2.05) is 52.2 Å². The summed E-state index contributed by atoms with van der Waals surface area (Å²) in [6, 6.07) is 9.61. The second kappa shape index (κ2) is 6.38. The number of aromatic nitrogens is 5. The van der Waals surface area contributed by atoms with E-state index in [1.54, 1.807) is 11.3 Å². The second-order valence-electron chi connectivity index (χ2n) is 6.90. The van der Waals surface area contributed by atoms with Crippen molar-refractivity contribution in [3.05, 3.63) is 52.9 Å². The van der Waals surface area contributed by atoms with E-state index in [4.69, 9.17) is 0 Å². The maximum atomic E-state index is 12.9. The number of thiazole rings is 1. The van der Waals surface area contributed by atoms with Crippen molar-refractivity contribution in [2.75, 3.05) is 13.1 Å². The molecule has 0 aliphatic carbocycles. The monoisotopic (exact) mass is 378 g/mol. The Labute approximate surface area is 159 Å². The predicted octanol–water partition coefficient (Wildman–Crippen LogP) is 3.06. The highest BCUT2D eigenvalue weighted by atomic mass is 32.1. The smallest absolute Gasteiger partial charge is 0.253 e. The van der Waals surface area contributed by atoms with Crippen LogP contribution in [0.25, 0.3) is 15.9 Å². The van der Waals surface area contributed by atoms with Gasteiger partial charge >= 0.3 is 0 Å². The third-order valence-electron chi connectivity index (χ3n) is 5.15. The average Bonchev–Trinajstić information content (AvgIpc) is 3.33. The molecule has 1 aliphatic heterocycles. The van der Waals surface area contributed by atoms with Crippen molar-refractivity contribution in [2.45, 2.75) is 25.7 Å². The largest absolute Gasteiger partial charge is 0.339 e. The number of benzene rings is 1. The van der Waals surface area contributed by atoms with Gasteiger partial charge in [-0.3, -0.25) is 4.79 Å². The molecule has 1 amide bonds. The molecular formula is C19H18N6OS. The van der Waals surface area contributed by atoms with Crippen LogP contribution >= 0.6 is 11.3 Å². The molecule has 4 aromatic rings. The topological polar surface area (TPSA) is 76.3 Å². The summed E-state index contributed by atoms with van der Waals surface area (Å²) >= 11 is 1.56. The fourth-order valence-corrected chi connectivity index (χ4v) is 4.38. The molecule has 4 heterocycles. The van der Waals surface area contributed by atoms with E-state index in [9.17, 15) is 4.79 Å². The zero-order valence-electron chi connectivity index (χ0n) is 14.9. The summed E-state index contributed by atoms with van der Waals surface area (Å²) in [6.07, 6.45) is 1.73. The van der Waals surface area contributed by atoms with Gasteiger partial charge in [-0.15, -0.1) is 21.5 Å². The number of carbonyl (C=O) groups excluding carboxylic acids is 1. The minimum atomic E-state index is 0.0869. The first-order valence-electron chi connectivity index (χ1n) is 9.00. The number of rotatable bonds is 2. The molecule has 5 rings (SSSR count). The van der Waals surface area contributed by atoms with Crippen LogP contribution in [0.3, 0.4) is 0 Å². The number of aryl methyl sites for hydroxylation is 1. The number of hydrogen-bond donors (Lipinski definition) is 0. The number of nitrogens with zero attached hydrogens (tertiary/aromatic N) is 6. The maximum absolute atomic E-state index is 12.9. The fourth-order valence-electron chi connectivity index (χ4n) is 3.66. The third kappa shape index (κ3) is 2.86.